The monoisotopic (exact) mass is 349 g/mol. The van der Waals surface area contributed by atoms with Crippen LogP contribution < -0.4 is 14.4 Å². The minimum absolute atomic E-state index is 0.0212. The Hall–Kier alpha value is -3.02. The molecule has 0 bridgehead atoms. The molecule has 3 aliphatic heterocycles. The first kappa shape index (κ1) is 15.3. The molecule has 0 radical (unpaired) electrons. The number of aliphatic imine (C=N–C) groups is 1. The van der Waals surface area contributed by atoms with E-state index in [2.05, 4.69) is 4.99 Å². The number of urea groups is 1. The SMILES string of the molecule is O=C1N2CCN=C2c2ccccc2N1Cc1ccc2c(c1)OCCCO2. The van der Waals surface area contributed by atoms with E-state index in [1.807, 2.05) is 47.4 Å². The molecular weight excluding hydrogens is 330 g/mol. The molecular formula is C20H19N3O3. The Kier molecular flexibility index (Phi) is 3.55. The highest BCUT2D eigenvalue weighted by Crippen LogP contribution is 2.34. The number of anilines is 1. The standard InChI is InChI=1S/C20H19N3O3/c24-20-22-9-8-21-19(22)15-4-1-2-5-16(15)23(20)13-14-6-7-17-18(12-14)26-11-3-10-25-17/h1-2,4-7,12H,3,8-11,13H2. The molecule has 0 saturated heterocycles. The maximum Gasteiger partial charge on any atom is 0.330 e. The minimum Gasteiger partial charge on any atom is -0.490 e. The summed E-state index contributed by atoms with van der Waals surface area (Å²) in [4.78, 5) is 21.1. The smallest absolute Gasteiger partial charge is 0.330 e. The summed E-state index contributed by atoms with van der Waals surface area (Å²) < 4.78 is 11.5. The maximum absolute atomic E-state index is 13.0. The fourth-order valence-electron chi connectivity index (χ4n) is 3.65. The Balaban J connectivity index is 1.51. The van der Waals surface area contributed by atoms with Crippen LogP contribution in [0.3, 0.4) is 0 Å². The highest BCUT2D eigenvalue weighted by atomic mass is 16.5. The van der Waals surface area contributed by atoms with Crippen LogP contribution >= 0.6 is 0 Å². The molecule has 0 aromatic heterocycles. The predicted molar refractivity (Wildman–Crippen MR) is 98.2 cm³/mol. The Bertz CT molecular complexity index is 909. The van der Waals surface area contributed by atoms with Gasteiger partial charge in [-0.3, -0.25) is 14.8 Å². The summed E-state index contributed by atoms with van der Waals surface area (Å²) >= 11 is 0. The number of fused-ring (bicyclic) bond motifs is 4. The van der Waals surface area contributed by atoms with Crippen molar-refractivity contribution in [3.05, 3.63) is 53.6 Å². The lowest BCUT2D eigenvalue weighted by Crippen LogP contribution is -2.49. The molecule has 0 atom stereocenters. The summed E-state index contributed by atoms with van der Waals surface area (Å²) in [6.45, 7) is 3.10. The zero-order valence-electron chi connectivity index (χ0n) is 14.4. The second kappa shape index (κ2) is 6.05. The second-order valence-electron chi connectivity index (χ2n) is 6.57. The van der Waals surface area contributed by atoms with Gasteiger partial charge in [0.2, 0.25) is 0 Å². The molecule has 0 spiro atoms. The molecule has 5 rings (SSSR count). The van der Waals surface area contributed by atoms with Crippen molar-refractivity contribution < 1.29 is 14.3 Å². The number of hydrogen-bond acceptors (Lipinski definition) is 4. The summed E-state index contributed by atoms with van der Waals surface area (Å²) in [5, 5.41) is 0. The van der Waals surface area contributed by atoms with Crippen LogP contribution in [-0.2, 0) is 6.54 Å². The average molecular weight is 349 g/mol. The number of rotatable bonds is 2. The lowest BCUT2D eigenvalue weighted by atomic mass is 10.1. The van der Waals surface area contributed by atoms with Gasteiger partial charge in [0, 0.05) is 18.5 Å². The van der Waals surface area contributed by atoms with Gasteiger partial charge >= 0.3 is 6.03 Å². The molecule has 2 aromatic rings. The Labute approximate surface area is 151 Å². The number of amides is 2. The van der Waals surface area contributed by atoms with Gasteiger partial charge in [0.1, 0.15) is 5.84 Å². The topological polar surface area (TPSA) is 54.4 Å². The van der Waals surface area contributed by atoms with Crippen LogP contribution in [0.4, 0.5) is 10.5 Å². The Morgan fingerprint density at radius 2 is 1.88 bits per heavy atom. The minimum atomic E-state index is -0.0212. The molecule has 6 heteroatoms. The van der Waals surface area contributed by atoms with Crippen molar-refractivity contribution in [2.75, 3.05) is 31.2 Å². The van der Waals surface area contributed by atoms with Crippen molar-refractivity contribution in [2.24, 2.45) is 4.99 Å². The van der Waals surface area contributed by atoms with Crippen LogP contribution in [0.5, 0.6) is 11.5 Å². The number of amidine groups is 1. The van der Waals surface area contributed by atoms with E-state index in [1.165, 1.54) is 0 Å². The van der Waals surface area contributed by atoms with Crippen LogP contribution in [0.1, 0.15) is 17.5 Å². The summed E-state index contributed by atoms with van der Waals surface area (Å²) in [6.07, 6.45) is 0.874. The largest absolute Gasteiger partial charge is 0.490 e. The van der Waals surface area contributed by atoms with E-state index in [0.29, 0.717) is 32.8 Å². The fourth-order valence-corrected chi connectivity index (χ4v) is 3.65. The first-order chi connectivity index (χ1) is 12.8. The van der Waals surface area contributed by atoms with Crippen LogP contribution in [0, 0.1) is 0 Å². The number of benzene rings is 2. The first-order valence-electron chi connectivity index (χ1n) is 8.93. The quantitative estimate of drug-likeness (QED) is 0.837. The molecule has 0 saturated carbocycles. The van der Waals surface area contributed by atoms with E-state index in [-0.39, 0.29) is 6.03 Å². The van der Waals surface area contributed by atoms with E-state index in [9.17, 15) is 4.79 Å². The molecule has 26 heavy (non-hydrogen) atoms. The maximum atomic E-state index is 13.0. The van der Waals surface area contributed by atoms with Gasteiger partial charge in [-0.15, -0.1) is 0 Å². The predicted octanol–water partition coefficient (Wildman–Crippen LogP) is 3.05. The fraction of sp³-hybridized carbons (Fsp3) is 0.300. The highest BCUT2D eigenvalue weighted by Gasteiger charge is 2.36. The van der Waals surface area contributed by atoms with Gasteiger partial charge in [-0.25, -0.2) is 4.79 Å². The van der Waals surface area contributed by atoms with E-state index < -0.39 is 0 Å². The molecule has 2 amide bonds. The van der Waals surface area contributed by atoms with Gasteiger partial charge in [0.25, 0.3) is 0 Å². The summed E-state index contributed by atoms with van der Waals surface area (Å²) in [6, 6.07) is 13.8. The Morgan fingerprint density at radius 3 is 2.81 bits per heavy atom. The Morgan fingerprint density at radius 1 is 1.04 bits per heavy atom. The zero-order chi connectivity index (χ0) is 17.5. The van der Waals surface area contributed by atoms with Crippen LogP contribution in [0.25, 0.3) is 0 Å². The van der Waals surface area contributed by atoms with Gasteiger partial charge in [-0.1, -0.05) is 18.2 Å². The number of para-hydroxylation sites is 1. The molecule has 0 unspecified atom stereocenters. The van der Waals surface area contributed by atoms with Crippen molar-refractivity contribution in [1.82, 2.24) is 4.90 Å². The third kappa shape index (κ3) is 2.41. The molecule has 3 heterocycles. The molecule has 0 fully saturated rings. The van der Waals surface area contributed by atoms with Gasteiger partial charge in [0.15, 0.2) is 11.5 Å². The lowest BCUT2D eigenvalue weighted by molar-refractivity contribution is 0.228. The van der Waals surface area contributed by atoms with E-state index in [0.717, 1.165) is 40.6 Å². The highest BCUT2D eigenvalue weighted by molar-refractivity contribution is 6.19. The number of carbonyl (C=O) groups is 1. The van der Waals surface area contributed by atoms with Crippen molar-refractivity contribution >= 4 is 17.6 Å². The van der Waals surface area contributed by atoms with Crippen molar-refractivity contribution in [2.45, 2.75) is 13.0 Å². The average Bonchev–Trinajstić information content (AvgIpc) is 3.05. The second-order valence-corrected chi connectivity index (χ2v) is 6.57. The van der Waals surface area contributed by atoms with Gasteiger partial charge in [0.05, 0.1) is 32.0 Å². The van der Waals surface area contributed by atoms with E-state index >= 15 is 0 Å². The van der Waals surface area contributed by atoms with Crippen LogP contribution in [0.2, 0.25) is 0 Å². The van der Waals surface area contributed by atoms with Crippen molar-refractivity contribution in [3.8, 4) is 11.5 Å². The summed E-state index contributed by atoms with van der Waals surface area (Å²) in [7, 11) is 0. The van der Waals surface area contributed by atoms with Crippen molar-refractivity contribution in [1.29, 1.82) is 0 Å². The van der Waals surface area contributed by atoms with Crippen LogP contribution in [0.15, 0.2) is 47.5 Å². The third-order valence-corrected chi connectivity index (χ3v) is 4.89. The van der Waals surface area contributed by atoms with Gasteiger partial charge in [-0.2, -0.15) is 0 Å². The van der Waals surface area contributed by atoms with E-state index in [4.69, 9.17) is 9.47 Å². The molecule has 132 valence electrons. The number of ether oxygens (including phenoxy) is 2. The summed E-state index contributed by atoms with van der Waals surface area (Å²) in [5.41, 5.74) is 2.93. The van der Waals surface area contributed by atoms with Crippen LogP contribution in [-0.4, -0.2) is 43.1 Å². The number of carbonyl (C=O) groups excluding carboxylic acids is 1. The van der Waals surface area contributed by atoms with E-state index in [1.54, 1.807) is 4.90 Å². The normalized spacial score (nSPS) is 18.2. The molecule has 0 N–H and O–H groups in total. The molecule has 6 nitrogen and oxygen atoms in total. The third-order valence-electron chi connectivity index (χ3n) is 4.89. The first-order valence-corrected chi connectivity index (χ1v) is 8.93. The molecule has 2 aromatic carbocycles. The van der Waals surface area contributed by atoms with Gasteiger partial charge in [-0.05, 0) is 29.8 Å². The molecule has 3 aliphatic rings. The lowest BCUT2D eigenvalue weighted by Gasteiger charge is -2.35. The number of hydrogen-bond donors (Lipinski definition) is 0. The van der Waals surface area contributed by atoms with Crippen molar-refractivity contribution in [3.63, 3.8) is 0 Å². The summed E-state index contributed by atoms with van der Waals surface area (Å²) in [5.74, 6) is 2.31. The van der Waals surface area contributed by atoms with Gasteiger partial charge < -0.3 is 9.47 Å². The molecule has 0 aliphatic carbocycles. The zero-order valence-corrected chi connectivity index (χ0v) is 14.4. The number of nitrogens with zero attached hydrogens (tertiary/aromatic N) is 3.